The molecule has 0 fully saturated rings. The summed E-state index contributed by atoms with van der Waals surface area (Å²) >= 11 is 6.31. The van der Waals surface area contributed by atoms with Crippen molar-refractivity contribution in [3.05, 3.63) is 47.0 Å². The summed E-state index contributed by atoms with van der Waals surface area (Å²) < 4.78 is 1.68. The maximum Gasteiger partial charge on any atom is 0.217 e. The van der Waals surface area contributed by atoms with Crippen LogP contribution in [-0.2, 0) is 6.54 Å². The molecule has 0 spiro atoms. The highest BCUT2D eigenvalue weighted by molar-refractivity contribution is 6.32. The first-order valence-electron chi connectivity index (χ1n) is 6.38. The molecular formula is C15H17ClN4. The molecule has 0 atom stereocenters. The summed E-state index contributed by atoms with van der Waals surface area (Å²) in [6, 6.07) is 7.86. The first-order valence-corrected chi connectivity index (χ1v) is 6.76. The normalized spacial score (nSPS) is 11.3. The lowest BCUT2D eigenvalue weighted by molar-refractivity contribution is 0.424. The highest BCUT2D eigenvalue weighted by atomic mass is 35.5. The van der Waals surface area contributed by atoms with E-state index in [-0.39, 0.29) is 5.54 Å². The zero-order valence-corrected chi connectivity index (χ0v) is 12.6. The number of nitriles is 1. The SMILES string of the molecule is CC(C)(C)NCc1ccc(-n2ccnc2C#N)c(Cl)c1. The fourth-order valence-corrected chi connectivity index (χ4v) is 2.10. The molecular weight excluding hydrogens is 272 g/mol. The molecule has 0 radical (unpaired) electrons. The Balaban J connectivity index is 2.25. The van der Waals surface area contributed by atoms with E-state index in [1.165, 1.54) is 0 Å². The Bertz CT molecular complexity index is 647. The first-order chi connectivity index (χ1) is 9.40. The Morgan fingerprint density at radius 2 is 2.15 bits per heavy atom. The van der Waals surface area contributed by atoms with E-state index in [1.807, 2.05) is 24.3 Å². The van der Waals surface area contributed by atoms with Crippen LogP contribution in [0.25, 0.3) is 5.69 Å². The first kappa shape index (κ1) is 14.6. The molecule has 0 aliphatic carbocycles. The Hall–Kier alpha value is -1.83. The molecule has 0 bridgehead atoms. The average Bonchev–Trinajstić information content (AvgIpc) is 2.83. The van der Waals surface area contributed by atoms with Crippen LogP contribution in [0.15, 0.2) is 30.6 Å². The van der Waals surface area contributed by atoms with E-state index in [0.717, 1.165) is 17.8 Å². The van der Waals surface area contributed by atoms with E-state index in [9.17, 15) is 0 Å². The molecule has 1 aromatic heterocycles. The van der Waals surface area contributed by atoms with Crippen molar-refractivity contribution in [3.8, 4) is 11.8 Å². The average molecular weight is 289 g/mol. The van der Waals surface area contributed by atoms with Gasteiger partial charge in [-0.15, -0.1) is 0 Å². The summed E-state index contributed by atoms with van der Waals surface area (Å²) in [7, 11) is 0. The second-order valence-corrected chi connectivity index (χ2v) is 6.03. The maximum absolute atomic E-state index is 9.00. The van der Waals surface area contributed by atoms with E-state index < -0.39 is 0 Å². The third-order valence-corrected chi connectivity index (χ3v) is 3.14. The number of hydrogen-bond donors (Lipinski definition) is 1. The number of rotatable bonds is 3. The second-order valence-electron chi connectivity index (χ2n) is 5.62. The number of imidazole rings is 1. The van der Waals surface area contributed by atoms with E-state index in [4.69, 9.17) is 16.9 Å². The zero-order valence-electron chi connectivity index (χ0n) is 11.8. The van der Waals surface area contributed by atoms with Gasteiger partial charge in [0.15, 0.2) is 0 Å². The van der Waals surface area contributed by atoms with Gasteiger partial charge in [0.1, 0.15) is 6.07 Å². The van der Waals surface area contributed by atoms with Crippen LogP contribution in [0.1, 0.15) is 32.2 Å². The van der Waals surface area contributed by atoms with Gasteiger partial charge in [-0.25, -0.2) is 4.98 Å². The van der Waals surface area contributed by atoms with Crippen LogP contribution in [0.5, 0.6) is 0 Å². The van der Waals surface area contributed by atoms with Gasteiger partial charge in [0, 0.05) is 24.5 Å². The largest absolute Gasteiger partial charge is 0.308 e. The molecule has 0 aliphatic rings. The molecule has 104 valence electrons. The minimum absolute atomic E-state index is 0.0590. The van der Waals surface area contributed by atoms with Gasteiger partial charge < -0.3 is 5.32 Å². The monoisotopic (exact) mass is 288 g/mol. The fourth-order valence-electron chi connectivity index (χ4n) is 1.80. The van der Waals surface area contributed by atoms with Gasteiger partial charge in [0.25, 0.3) is 0 Å². The molecule has 1 N–H and O–H groups in total. The van der Waals surface area contributed by atoms with Gasteiger partial charge in [0.2, 0.25) is 5.82 Å². The van der Waals surface area contributed by atoms with Gasteiger partial charge in [-0.3, -0.25) is 4.57 Å². The number of nitrogens with one attached hydrogen (secondary N) is 1. The van der Waals surface area contributed by atoms with Crippen molar-refractivity contribution in [2.75, 3.05) is 0 Å². The van der Waals surface area contributed by atoms with Crippen molar-refractivity contribution < 1.29 is 0 Å². The van der Waals surface area contributed by atoms with E-state index in [2.05, 4.69) is 31.1 Å². The number of nitrogens with zero attached hydrogens (tertiary/aromatic N) is 3. The van der Waals surface area contributed by atoms with Crippen molar-refractivity contribution >= 4 is 11.6 Å². The summed E-state index contributed by atoms with van der Waals surface area (Å²) in [5.74, 6) is 0.326. The predicted octanol–water partition coefficient (Wildman–Crippen LogP) is 3.29. The van der Waals surface area contributed by atoms with Crippen molar-refractivity contribution in [1.29, 1.82) is 5.26 Å². The van der Waals surface area contributed by atoms with Crippen LogP contribution in [0.4, 0.5) is 0 Å². The fraction of sp³-hybridized carbons (Fsp3) is 0.333. The second kappa shape index (κ2) is 5.66. The number of halogens is 1. The van der Waals surface area contributed by atoms with Crippen LogP contribution in [0.3, 0.4) is 0 Å². The van der Waals surface area contributed by atoms with Gasteiger partial charge in [0.05, 0.1) is 10.7 Å². The molecule has 0 saturated carbocycles. The number of hydrogen-bond acceptors (Lipinski definition) is 3. The van der Waals surface area contributed by atoms with Crippen LogP contribution in [-0.4, -0.2) is 15.1 Å². The Labute approximate surface area is 124 Å². The van der Waals surface area contributed by atoms with Crippen molar-refractivity contribution in [1.82, 2.24) is 14.9 Å². The van der Waals surface area contributed by atoms with Gasteiger partial charge in [-0.05, 0) is 38.5 Å². The molecule has 1 heterocycles. The lowest BCUT2D eigenvalue weighted by atomic mass is 10.1. The smallest absolute Gasteiger partial charge is 0.217 e. The highest BCUT2D eigenvalue weighted by Crippen LogP contribution is 2.23. The van der Waals surface area contributed by atoms with Crippen LogP contribution >= 0.6 is 11.6 Å². The Morgan fingerprint density at radius 3 is 2.75 bits per heavy atom. The van der Waals surface area contributed by atoms with E-state index in [1.54, 1.807) is 17.0 Å². The van der Waals surface area contributed by atoms with Crippen LogP contribution < -0.4 is 5.32 Å². The minimum Gasteiger partial charge on any atom is -0.308 e. The third kappa shape index (κ3) is 3.38. The minimum atomic E-state index is 0.0590. The van der Waals surface area contributed by atoms with Crippen LogP contribution in [0, 0.1) is 11.3 Å². The standard InChI is InChI=1S/C15H17ClN4/c1-15(2,3)19-10-11-4-5-13(12(16)8-11)20-7-6-18-14(20)9-17/h4-8,19H,10H2,1-3H3. The summed E-state index contributed by atoms with van der Waals surface area (Å²) in [5, 5.41) is 13.0. The molecule has 0 amide bonds. The molecule has 4 nitrogen and oxygen atoms in total. The third-order valence-electron chi connectivity index (χ3n) is 2.84. The Morgan fingerprint density at radius 1 is 1.40 bits per heavy atom. The molecule has 2 aromatic rings. The molecule has 2 rings (SSSR count). The summed E-state index contributed by atoms with van der Waals surface area (Å²) in [6.07, 6.45) is 3.32. The van der Waals surface area contributed by atoms with Gasteiger partial charge in [-0.2, -0.15) is 5.26 Å². The zero-order chi connectivity index (χ0) is 14.8. The summed E-state index contributed by atoms with van der Waals surface area (Å²) in [6.45, 7) is 7.10. The summed E-state index contributed by atoms with van der Waals surface area (Å²) in [5.41, 5.74) is 1.93. The number of aromatic nitrogens is 2. The highest BCUT2D eigenvalue weighted by Gasteiger charge is 2.11. The van der Waals surface area contributed by atoms with Crippen molar-refractivity contribution in [3.63, 3.8) is 0 Å². The summed E-state index contributed by atoms with van der Waals surface area (Å²) in [4.78, 5) is 3.97. The molecule has 0 saturated heterocycles. The predicted molar refractivity (Wildman–Crippen MR) is 79.9 cm³/mol. The molecule has 0 aliphatic heterocycles. The van der Waals surface area contributed by atoms with Crippen molar-refractivity contribution in [2.45, 2.75) is 32.9 Å². The molecule has 1 aromatic carbocycles. The number of benzene rings is 1. The van der Waals surface area contributed by atoms with Crippen LogP contribution in [0.2, 0.25) is 5.02 Å². The lowest BCUT2D eigenvalue weighted by Crippen LogP contribution is -2.35. The van der Waals surface area contributed by atoms with Gasteiger partial charge in [-0.1, -0.05) is 17.7 Å². The topological polar surface area (TPSA) is 53.6 Å². The molecule has 0 unspecified atom stereocenters. The Kier molecular flexibility index (Phi) is 4.12. The quantitative estimate of drug-likeness (QED) is 0.943. The van der Waals surface area contributed by atoms with Gasteiger partial charge >= 0.3 is 0 Å². The van der Waals surface area contributed by atoms with Crippen molar-refractivity contribution in [2.24, 2.45) is 0 Å². The van der Waals surface area contributed by atoms with E-state index >= 15 is 0 Å². The molecule has 20 heavy (non-hydrogen) atoms. The lowest BCUT2D eigenvalue weighted by Gasteiger charge is -2.20. The molecule has 5 heteroatoms. The maximum atomic E-state index is 9.00. The van der Waals surface area contributed by atoms with E-state index in [0.29, 0.717) is 10.8 Å².